The molecule has 0 radical (unpaired) electrons. The number of fused-ring (bicyclic) bond motifs is 1. The van der Waals surface area contributed by atoms with Crippen LogP contribution in [0.2, 0.25) is 0 Å². The van der Waals surface area contributed by atoms with Gasteiger partial charge in [0.2, 0.25) is 0 Å². The van der Waals surface area contributed by atoms with Crippen molar-refractivity contribution in [3.8, 4) is 0 Å². The van der Waals surface area contributed by atoms with Crippen molar-refractivity contribution in [2.24, 2.45) is 0 Å². The number of aldehydes is 1. The molecule has 2 aromatic rings. The zero-order valence-corrected chi connectivity index (χ0v) is 7.19. The monoisotopic (exact) mass is 172 g/mol. The average molecular weight is 172 g/mol. The van der Waals surface area contributed by atoms with Crippen LogP contribution in [-0.4, -0.2) is 16.3 Å². The number of aromatic nitrogens is 2. The molecule has 0 saturated heterocycles. The SMILES string of the molecule is Cc1ccnc2cc(C=O)cnc12. The largest absolute Gasteiger partial charge is 0.298 e. The van der Waals surface area contributed by atoms with Gasteiger partial charge in [0.1, 0.15) is 0 Å². The average Bonchev–Trinajstić information content (AvgIpc) is 2.18. The molecule has 2 rings (SSSR count). The van der Waals surface area contributed by atoms with Crippen LogP contribution >= 0.6 is 0 Å². The Labute approximate surface area is 75.4 Å². The number of nitrogens with zero attached hydrogens (tertiary/aromatic N) is 2. The predicted molar refractivity (Wildman–Crippen MR) is 49.7 cm³/mol. The van der Waals surface area contributed by atoms with Gasteiger partial charge in [-0.1, -0.05) is 0 Å². The van der Waals surface area contributed by atoms with Gasteiger partial charge < -0.3 is 0 Å². The third-order valence-corrected chi connectivity index (χ3v) is 1.94. The standard InChI is InChI=1S/C10H8N2O/c1-7-2-3-11-9-4-8(6-13)5-12-10(7)9/h2-6H,1H3. The van der Waals surface area contributed by atoms with Crippen LogP contribution < -0.4 is 0 Å². The highest BCUT2D eigenvalue weighted by atomic mass is 16.1. The number of carbonyl (C=O) groups excluding carboxylic acids is 1. The normalized spacial score (nSPS) is 10.2. The molecule has 0 amide bonds. The highest BCUT2D eigenvalue weighted by Crippen LogP contribution is 2.13. The smallest absolute Gasteiger partial charge is 0.151 e. The molecule has 64 valence electrons. The molecule has 0 atom stereocenters. The second kappa shape index (κ2) is 2.94. The molecule has 0 aliphatic carbocycles. The second-order valence-electron chi connectivity index (χ2n) is 2.88. The van der Waals surface area contributed by atoms with Gasteiger partial charge >= 0.3 is 0 Å². The Morgan fingerprint density at radius 3 is 3.00 bits per heavy atom. The molecule has 3 heteroatoms. The topological polar surface area (TPSA) is 42.9 Å². The van der Waals surface area contributed by atoms with E-state index in [0.717, 1.165) is 22.9 Å². The molecule has 0 fully saturated rings. The van der Waals surface area contributed by atoms with E-state index >= 15 is 0 Å². The van der Waals surface area contributed by atoms with Crippen LogP contribution in [0.3, 0.4) is 0 Å². The fraction of sp³-hybridized carbons (Fsp3) is 0.100. The maximum Gasteiger partial charge on any atom is 0.151 e. The van der Waals surface area contributed by atoms with Gasteiger partial charge in [-0.15, -0.1) is 0 Å². The summed E-state index contributed by atoms with van der Waals surface area (Å²) >= 11 is 0. The quantitative estimate of drug-likeness (QED) is 0.615. The van der Waals surface area contributed by atoms with Crippen LogP contribution in [0.1, 0.15) is 15.9 Å². The molecule has 2 aromatic heterocycles. The van der Waals surface area contributed by atoms with Crippen molar-refractivity contribution >= 4 is 17.3 Å². The van der Waals surface area contributed by atoms with E-state index in [1.54, 1.807) is 18.5 Å². The molecule has 0 aromatic carbocycles. The van der Waals surface area contributed by atoms with E-state index in [9.17, 15) is 4.79 Å². The first-order valence-corrected chi connectivity index (χ1v) is 3.98. The van der Waals surface area contributed by atoms with Crippen LogP contribution in [0.5, 0.6) is 0 Å². The van der Waals surface area contributed by atoms with Crippen molar-refractivity contribution in [1.82, 2.24) is 9.97 Å². The lowest BCUT2D eigenvalue weighted by Gasteiger charge is -1.99. The summed E-state index contributed by atoms with van der Waals surface area (Å²) in [5, 5.41) is 0. The van der Waals surface area contributed by atoms with E-state index in [2.05, 4.69) is 9.97 Å². The minimum absolute atomic E-state index is 0.561. The predicted octanol–water partition coefficient (Wildman–Crippen LogP) is 1.75. The molecule has 0 N–H and O–H groups in total. The molecule has 0 bridgehead atoms. The van der Waals surface area contributed by atoms with Crippen LogP contribution in [0.15, 0.2) is 24.5 Å². The summed E-state index contributed by atoms with van der Waals surface area (Å²) < 4.78 is 0. The van der Waals surface area contributed by atoms with Gasteiger partial charge in [-0.05, 0) is 24.6 Å². The maximum absolute atomic E-state index is 10.5. The zero-order chi connectivity index (χ0) is 9.26. The number of hydrogen-bond acceptors (Lipinski definition) is 3. The summed E-state index contributed by atoms with van der Waals surface area (Å²) in [6.45, 7) is 1.97. The summed E-state index contributed by atoms with van der Waals surface area (Å²) in [7, 11) is 0. The number of aryl methyl sites for hydroxylation is 1. The minimum atomic E-state index is 0.561. The Kier molecular flexibility index (Phi) is 1.77. The Hall–Kier alpha value is -1.77. The lowest BCUT2D eigenvalue weighted by Crippen LogP contribution is -1.89. The van der Waals surface area contributed by atoms with E-state index in [-0.39, 0.29) is 0 Å². The van der Waals surface area contributed by atoms with Crippen LogP contribution in [0, 0.1) is 6.92 Å². The molecule has 0 unspecified atom stereocenters. The summed E-state index contributed by atoms with van der Waals surface area (Å²) in [5.74, 6) is 0. The summed E-state index contributed by atoms with van der Waals surface area (Å²) in [4.78, 5) is 18.8. The molecule has 13 heavy (non-hydrogen) atoms. The first kappa shape index (κ1) is 7.86. The Morgan fingerprint density at radius 1 is 1.38 bits per heavy atom. The van der Waals surface area contributed by atoms with Crippen molar-refractivity contribution in [1.29, 1.82) is 0 Å². The summed E-state index contributed by atoms with van der Waals surface area (Å²) in [6, 6.07) is 3.64. The van der Waals surface area contributed by atoms with E-state index in [4.69, 9.17) is 0 Å². The van der Waals surface area contributed by atoms with E-state index in [1.165, 1.54) is 0 Å². The van der Waals surface area contributed by atoms with Gasteiger partial charge in [-0.3, -0.25) is 14.8 Å². The van der Waals surface area contributed by atoms with Crippen LogP contribution in [-0.2, 0) is 0 Å². The molecule has 0 aliphatic rings. The first-order chi connectivity index (χ1) is 6.31. The third kappa shape index (κ3) is 1.28. The van der Waals surface area contributed by atoms with Gasteiger partial charge in [0.25, 0.3) is 0 Å². The Bertz CT molecular complexity index is 465. The fourth-order valence-corrected chi connectivity index (χ4v) is 1.24. The molecular formula is C10H8N2O. The van der Waals surface area contributed by atoms with Crippen molar-refractivity contribution in [2.75, 3.05) is 0 Å². The molecule has 0 aliphatic heterocycles. The maximum atomic E-state index is 10.5. The highest BCUT2D eigenvalue weighted by molar-refractivity contribution is 5.84. The number of rotatable bonds is 1. The van der Waals surface area contributed by atoms with Gasteiger partial charge in [0.05, 0.1) is 11.0 Å². The van der Waals surface area contributed by atoms with Crippen LogP contribution in [0.4, 0.5) is 0 Å². The molecule has 0 saturated carbocycles. The van der Waals surface area contributed by atoms with Gasteiger partial charge in [0.15, 0.2) is 6.29 Å². The lowest BCUT2D eigenvalue weighted by atomic mass is 10.2. The van der Waals surface area contributed by atoms with Crippen LogP contribution in [0.25, 0.3) is 11.0 Å². The zero-order valence-electron chi connectivity index (χ0n) is 7.19. The Balaban J connectivity index is 2.79. The summed E-state index contributed by atoms with van der Waals surface area (Å²) in [5.41, 5.74) is 3.26. The minimum Gasteiger partial charge on any atom is -0.298 e. The molecular weight excluding hydrogens is 164 g/mol. The second-order valence-corrected chi connectivity index (χ2v) is 2.88. The highest BCUT2D eigenvalue weighted by Gasteiger charge is 1.99. The third-order valence-electron chi connectivity index (χ3n) is 1.94. The van der Waals surface area contributed by atoms with E-state index < -0.39 is 0 Å². The van der Waals surface area contributed by atoms with Crippen molar-refractivity contribution < 1.29 is 4.79 Å². The number of hydrogen-bond donors (Lipinski definition) is 0. The lowest BCUT2D eigenvalue weighted by molar-refractivity contribution is 0.112. The van der Waals surface area contributed by atoms with Crippen molar-refractivity contribution in [3.05, 3.63) is 35.7 Å². The van der Waals surface area contributed by atoms with Gasteiger partial charge in [-0.2, -0.15) is 0 Å². The summed E-state index contributed by atoms with van der Waals surface area (Å²) in [6.07, 6.45) is 4.05. The molecule has 3 nitrogen and oxygen atoms in total. The van der Waals surface area contributed by atoms with Gasteiger partial charge in [0, 0.05) is 18.0 Å². The number of pyridine rings is 2. The number of carbonyl (C=O) groups is 1. The first-order valence-electron chi connectivity index (χ1n) is 3.98. The van der Waals surface area contributed by atoms with Crippen molar-refractivity contribution in [2.45, 2.75) is 6.92 Å². The Morgan fingerprint density at radius 2 is 2.23 bits per heavy atom. The van der Waals surface area contributed by atoms with Gasteiger partial charge in [-0.25, -0.2) is 0 Å². The molecule has 2 heterocycles. The molecule has 0 spiro atoms. The van der Waals surface area contributed by atoms with Crippen molar-refractivity contribution in [3.63, 3.8) is 0 Å². The van der Waals surface area contributed by atoms with E-state index in [0.29, 0.717) is 5.56 Å². The fourth-order valence-electron chi connectivity index (χ4n) is 1.24. The van der Waals surface area contributed by atoms with E-state index in [1.807, 2.05) is 13.0 Å².